The Kier molecular flexibility index (Phi) is 11.0. The highest BCUT2D eigenvalue weighted by molar-refractivity contribution is 5.81. The molecule has 0 aromatic rings. The van der Waals surface area contributed by atoms with Gasteiger partial charge in [-0.3, -0.25) is 0 Å². The zero-order valence-electron chi connectivity index (χ0n) is 10.9. The number of ether oxygens (including phenoxy) is 1. The monoisotopic (exact) mass is 244 g/mol. The molecule has 0 aliphatic heterocycles. The van der Waals surface area contributed by atoms with Crippen LogP contribution in [-0.2, 0) is 9.53 Å². The zero-order chi connectivity index (χ0) is 12.9. The summed E-state index contributed by atoms with van der Waals surface area (Å²) in [6, 6.07) is 0. The molecular weight excluding hydrogens is 219 g/mol. The maximum atomic E-state index is 13.0. The molecule has 0 aromatic heterocycles. The topological polar surface area (TPSA) is 26.3 Å². The fourth-order valence-electron chi connectivity index (χ4n) is 1.67. The minimum Gasteiger partial charge on any atom is -0.428 e. The molecule has 17 heavy (non-hydrogen) atoms. The van der Waals surface area contributed by atoms with Crippen molar-refractivity contribution in [2.45, 2.75) is 71.1 Å². The summed E-state index contributed by atoms with van der Waals surface area (Å²) in [5.74, 6) is -0.683. The van der Waals surface area contributed by atoms with Crippen molar-refractivity contribution in [2.24, 2.45) is 0 Å². The largest absolute Gasteiger partial charge is 0.428 e. The molecule has 3 heteroatoms. The minimum absolute atomic E-state index is 0.300. The van der Waals surface area contributed by atoms with Gasteiger partial charge in [-0.25, -0.2) is 9.18 Å². The summed E-state index contributed by atoms with van der Waals surface area (Å²) in [5.41, 5.74) is 0. The van der Waals surface area contributed by atoms with Crippen LogP contribution in [0.4, 0.5) is 4.39 Å². The van der Waals surface area contributed by atoms with Crippen LogP contribution in [0.15, 0.2) is 12.7 Å². The number of rotatable bonds is 11. The van der Waals surface area contributed by atoms with E-state index in [1.165, 1.54) is 32.1 Å². The van der Waals surface area contributed by atoms with Crippen molar-refractivity contribution in [3.63, 3.8) is 0 Å². The van der Waals surface area contributed by atoms with Gasteiger partial charge in [-0.15, -0.1) is 0 Å². The lowest BCUT2D eigenvalue weighted by molar-refractivity contribution is -0.152. The molecule has 0 radical (unpaired) electrons. The molecule has 0 spiro atoms. The van der Waals surface area contributed by atoms with Gasteiger partial charge in [0.1, 0.15) is 0 Å². The van der Waals surface area contributed by atoms with E-state index >= 15 is 0 Å². The molecule has 0 amide bonds. The van der Waals surface area contributed by atoms with E-state index in [4.69, 9.17) is 0 Å². The highest BCUT2D eigenvalue weighted by atomic mass is 19.1. The molecule has 0 aliphatic rings. The highest BCUT2D eigenvalue weighted by Gasteiger charge is 2.09. The lowest BCUT2D eigenvalue weighted by Gasteiger charge is -2.07. The fraction of sp³-hybridized carbons (Fsp3) is 0.786. The summed E-state index contributed by atoms with van der Waals surface area (Å²) in [6.07, 6.45) is 9.13. The Balaban J connectivity index is 3.21. The van der Waals surface area contributed by atoms with Crippen molar-refractivity contribution >= 4 is 5.97 Å². The van der Waals surface area contributed by atoms with E-state index in [0.29, 0.717) is 6.42 Å². The summed E-state index contributed by atoms with van der Waals surface area (Å²) in [7, 11) is 0. The predicted octanol–water partition coefficient (Wildman–Crippen LogP) is 4.54. The van der Waals surface area contributed by atoms with Gasteiger partial charge in [-0.2, -0.15) is 0 Å². The molecule has 100 valence electrons. The van der Waals surface area contributed by atoms with Crippen LogP contribution in [0.25, 0.3) is 0 Å². The second-order valence-electron chi connectivity index (χ2n) is 4.31. The third-order valence-corrected chi connectivity index (χ3v) is 2.70. The summed E-state index contributed by atoms with van der Waals surface area (Å²) < 4.78 is 17.5. The van der Waals surface area contributed by atoms with Gasteiger partial charge in [-0.05, 0) is 6.42 Å². The van der Waals surface area contributed by atoms with Crippen LogP contribution in [0.1, 0.15) is 64.7 Å². The third-order valence-electron chi connectivity index (χ3n) is 2.70. The van der Waals surface area contributed by atoms with E-state index in [0.717, 1.165) is 25.3 Å². The molecule has 0 saturated carbocycles. The molecule has 2 nitrogen and oxygen atoms in total. The number of carbonyl (C=O) groups is 1. The summed E-state index contributed by atoms with van der Waals surface area (Å²) in [5, 5.41) is 0. The van der Waals surface area contributed by atoms with Gasteiger partial charge < -0.3 is 4.74 Å². The number of halogens is 1. The molecule has 0 rings (SSSR count). The SMILES string of the molecule is C=CC(=O)O[C@@H](F)CCCCCCCCCC. The van der Waals surface area contributed by atoms with Crippen molar-refractivity contribution in [1.29, 1.82) is 0 Å². The standard InChI is InChI=1S/C14H25FO2/c1-3-5-6-7-8-9-10-11-12-13(15)17-14(16)4-2/h4,13H,2-3,5-12H2,1H3/t13-/m1/s1. The van der Waals surface area contributed by atoms with Crippen LogP contribution in [0.3, 0.4) is 0 Å². The molecule has 0 saturated heterocycles. The van der Waals surface area contributed by atoms with Crippen molar-refractivity contribution in [2.75, 3.05) is 0 Å². The number of esters is 1. The third kappa shape index (κ3) is 11.4. The van der Waals surface area contributed by atoms with E-state index in [1.54, 1.807) is 0 Å². The Morgan fingerprint density at radius 2 is 1.71 bits per heavy atom. The first-order valence-electron chi connectivity index (χ1n) is 6.67. The van der Waals surface area contributed by atoms with Crippen LogP contribution in [0.5, 0.6) is 0 Å². The molecular formula is C14H25FO2. The van der Waals surface area contributed by atoms with Crippen LogP contribution in [0.2, 0.25) is 0 Å². The van der Waals surface area contributed by atoms with E-state index in [2.05, 4.69) is 18.2 Å². The molecule has 1 atom stereocenters. The molecule has 0 aromatic carbocycles. The smallest absolute Gasteiger partial charge is 0.332 e. The van der Waals surface area contributed by atoms with Crippen LogP contribution >= 0.6 is 0 Å². The number of hydrogen-bond donors (Lipinski definition) is 0. The fourth-order valence-corrected chi connectivity index (χ4v) is 1.67. The van der Waals surface area contributed by atoms with Crippen LogP contribution < -0.4 is 0 Å². The van der Waals surface area contributed by atoms with Gasteiger partial charge in [0.2, 0.25) is 6.36 Å². The zero-order valence-corrected chi connectivity index (χ0v) is 10.9. The van der Waals surface area contributed by atoms with Gasteiger partial charge in [0, 0.05) is 12.5 Å². The quantitative estimate of drug-likeness (QED) is 0.303. The minimum atomic E-state index is -1.47. The molecule has 0 heterocycles. The Hall–Kier alpha value is -0.860. The lowest BCUT2D eigenvalue weighted by atomic mass is 10.1. The molecule has 0 unspecified atom stereocenters. The molecule has 0 aliphatic carbocycles. The number of unbranched alkanes of at least 4 members (excludes halogenated alkanes) is 7. The van der Waals surface area contributed by atoms with E-state index < -0.39 is 12.3 Å². The Morgan fingerprint density at radius 1 is 1.18 bits per heavy atom. The number of carbonyl (C=O) groups excluding carboxylic acids is 1. The Morgan fingerprint density at radius 3 is 2.24 bits per heavy atom. The second kappa shape index (κ2) is 11.6. The summed E-state index contributed by atoms with van der Waals surface area (Å²) in [4.78, 5) is 10.7. The van der Waals surface area contributed by atoms with Crippen molar-refractivity contribution < 1.29 is 13.9 Å². The van der Waals surface area contributed by atoms with Crippen molar-refractivity contribution in [3.8, 4) is 0 Å². The normalized spacial score (nSPS) is 12.1. The lowest BCUT2D eigenvalue weighted by Crippen LogP contribution is -2.11. The van der Waals surface area contributed by atoms with Gasteiger partial charge >= 0.3 is 5.97 Å². The van der Waals surface area contributed by atoms with Crippen molar-refractivity contribution in [3.05, 3.63) is 12.7 Å². The predicted molar refractivity (Wildman–Crippen MR) is 68.4 cm³/mol. The maximum absolute atomic E-state index is 13.0. The number of alkyl halides is 1. The molecule has 0 N–H and O–H groups in total. The Labute approximate surface area is 104 Å². The van der Waals surface area contributed by atoms with Crippen molar-refractivity contribution in [1.82, 2.24) is 0 Å². The second-order valence-corrected chi connectivity index (χ2v) is 4.31. The van der Waals surface area contributed by atoms with E-state index in [9.17, 15) is 9.18 Å². The van der Waals surface area contributed by atoms with Gasteiger partial charge in [0.05, 0.1) is 0 Å². The summed E-state index contributed by atoms with van der Waals surface area (Å²) >= 11 is 0. The first kappa shape index (κ1) is 16.1. The van der Waals surface area contributed by atoms with E-state index in [-0.39, 0.29) is 0 Å². The van der Waals surface area contributed by atoms with Crippen LogP contribution in [-0.4, -0.2) is 12.3 Å². The van der Waals surface area contributed by atoms with Gasteiger partial charge in [0.25, 0.3) is 0 Å². The Bertz CT molecular complexity index is 204. The summed E-state index contributed by atoms with van der Waals surface area (Å²) in [6.45, 7) is 5.42. The van der Waals surface area contributed by atoms with Gasteiger partial charge in [-0.1, -0.05) is 58.4 Å². The number of hydrogen-bond acceptors (Lipinski definition) is 2. The first-order chi connectivity index (χ1) is 8.20. The molecule has 0 bridgehead atoms. The average molecular weight is 244 g/mol. The van der Waals surface area contributed by atoms with Gasteiger partial charge in [0.15, 0.2) is 0 Å². The molecule has 0 fully saturated rings. The first-order valence-corrected chi connectivity index (χ1v) is 6.67. The van der Waals surface area contributed by atoms with Crippen LogP contribution in [0, 0.1) is 0 Å². The maximum Gasteiger partial charge on any atom is 0.332 e. The average Bonchev–Trinajstić information content (AvgIpc) is 2.32. The highest BCUT2D eigenvalue weighted by Crippen LogP contribution is 2.12. The van der Waals surface area contributed by atoms with E-state index in [1.807, 2.05) is 0 Å².